The minimum Gasteiger partial charge on any atom is -0.309 e. The Kier molecular flexibility index (Phi) is 7.89. The summed E-state index contributed by atoms with van der Waals surface area (Å²) in [6, 6.07) is 84.2. The summed E-state index contributed by atoms with van der Waals surface area (Å²) in [6.45, 7) is 0. The standard InChI is InChI=1S/C58H38N2/c1-2-22-48(23-3-1)59-54-27-8-6-24-51(54)53-38-46(31-33-56(53)59)43-19-11-17-41(35-43)40-16-10-18-42(34-40)44-20-12-21-47(36-44)50-26-13-29-57-58(50)52-25-7-9-28-55(52)60(57)49-32-30-39-14-4-5-15-45(39)37-49/h1-38H. The molecule has 0 saturated carbocycles. The molecule has 0 unspecified atom stereocenters. The summed E-state index contributed by atoms with van der Waals surface area (Å²) in [5.41, 5.74) is 16.8. The minimum atomic E-state index is 1.17. The van der Waals surface area contributed by atoms with Crippen molar-refractivity contribution in [3.05, 3.63) is 231 Å². The fourth-order valence-electron chi connectivity index (χ4n) is 9.48. The molecule has 2 nitrogen and oxygen atoms in total. The molecule has 0 aliphatic rings. The topological polar surface area (TPSA) is 9.86 Å². The lowest BCUT2D eigenvalue weighted by Crippen LogP contribution is -1.93. The third-order valence-electron chi connectivity index (χ3n) is 12.3. The first-order valence-corrected chi connectivity index (χ1v) is 20.7. The maximum atomic E-state index is 2.42. The van der Waals surface area contributed by atoms with E-state index >= 15 is 0 Å². The molecule has 12 aromatic rings. The molecule has 2 heteroatoms. The van der Waals surface area contributed by atoms with E-state index in [1.807, 2.05) is 0 Å². The molecule has 0 radical (unpaired) electrons. The van der Waals surface area contributed by atoms with Gasteiger partial charge in [-0.15, -0.1) is 0 Å². The summed E-state index contributed by atoms with van der Waals surface area (Å²) in [5.74, 6) is 0. The van der Waals surface area contributed by atoms with E-state index in [4.69, 9.17) is 0 Å². The van der Waals surface area contributed by atoms with Crippen molar-refractivity contribution in [2.24, 2.45) is 0 Å². The fourth-order valence-corrected chi connectivity index (χ4v) is 9.48. The van der Waals surface area contributed by atoms with Crippen LogP contribution in [0.5, 0.6) is 0 Å². The molecule has 2 heterocycles. The number of nitrogens with zero attached hydrogens (tertiary/aromatic N) is 2. The van der Waals surface area contributed by atoms with Gasteiger partial charge in [0.05, 0.1) is 22.1 Å². The monoisotopic (exact) mass is 762 g/mol. The SMILES string of the molecule is c1ccc(-n2c3ccccc3c3cc(-c4cccc(-c5cccc(-c6cccc(-c7cccc8c7c7ccccc7n8-c7ccc8ccccc8c7)c6)c5)c4)ccc32)cc1. The number of benzene rings is 10. The van der Waals surface area contributed by atoms with E-state index < -0.39 is 0 Å². The highest BCUT2D eigenvalue weighted by Gasteiger charge is 2.17. The molecule has 280 valence electrons. The molecule has 0 spiro atoms. The van der Waals surface area contributed by atoms with Crippen LogP contribution in [0.25, 0.3) is 110 Å². The van der Waals surface area contributed by atoms with Gasteiger partial charge < -0.3 is 9.13 Å². The average Bonchev–Trinajstić information content (AvgIpc) is 3.84. The Labute approximate surface area is 348 Å². The van der Waals surface area contributed by atoms with Gasteiger partial charge >= 0.3 is 0 Å². The van der Waals surface area contributed by atoms with Crippen LogP contribution in [0.4, 0.5) is 0 Å². The van der Waals surface area contributed by atoms with Crippen LogP contribution in [0.3, 0.4) is 0 Å². The summed E-state index contributed by atoms with van der Waals surface area (Å²) in [4.78, 5) is 0. The lowest BCUT2D eigenvalue weighted by atomic mass is 9.93. The third kappa shape index (κ3) is 5.57. The predicted molar refractivity (Wildman–Crippen MR) is 254 cm³/mol. The summed E-state index contributed by atoms with van der Waals surface area (Å²) in [6.07, 6.45) is 0. The van der Waals surface area contributed by atoms with Crippen molar-refractivity contribution >= 4 is 54.4 Å². The highest BCUT2D eigenvalue weighted by molar-refractivity contribution is 6.16. The molecule has 0 bridgehead atoms. The second-order valence-corrected chi connectivity index (χ2v) is 15.7. The Morgan fingerprint density at radius 1 is 0.233 bits per heavy atom. The van der Waals surface area contributed by atoms with E-state index in [9.17, 15) is 0 Å². The normalized spacial score (nSPS) is 11.7. The molecule has 2 aromatic heterocycles. The third-order valence-corrected chi connectivity index (χ3v) is 12.3. The van der Waals surface area contributed by atoms with Gasteiger partial charge in [0.1, 0.15) is 0 Å². The Morgan fingerprint density at radius 2 is 0.733 bits per heavy atom. The predicted octanol–water partition coefficient (Wildman–Crippen LogP) is 15.7. The van der Waals surface area contributed by atoms with Crippen molar-refractivity contribution in [3.63, 3.8) is 0 Å². The van der Waals surface area contributed by atoms with Gasteiger partial charge in [-0.2, -0.15) is 0 Å². The highest BCUT2D eigenvalue weighted by Crippen LogP contribution is 2.41. The first kappa shape index (κ1) is 34.1. The molecule has 0 aliphatic carbocycles. The van der Waals surface area contributed by atoms with Crippen LogP contribution in [0.15, 0.2) is 231 Å². The summed E-state index contributed by atoms with van der Waals surface area (Å²) >= 11 is 0. The molecule has 0 atom stereocenters. The van der Waals surface area contributed by atoms with Crippen molar-refractivity contribution in [2.75, 3.05) is 0 Å². The number of fused-ring (bicyclic) bond motifs is 7. The molecule has 0 fully saturated rings. The van der Waals surface area contributed by atoms with Crippen LogP contribution < -0.4 is 0 Å². The van der Waals surface area contributed by atoms with Gasteiger partial charge in [-0.3, -0.25) is 0 Å². The van der Waals surface area contributed by atoms with Gasteiger partial charge in [-0.25, -0.2) is 0 Å². The lowest BCUT2D eigenvalue weighted by molar-refractivity contribution is 1.18. The molecule has 12 rings (SSSR count). The Morgan fingerprint density at radius 3 is 1.45 bits per heavy atom. The van der Waals surface area contributed by atoms with Gasteiger partial charge in [0.15, 0.2) is 0 Å². The summed E-state index contributed by atoms with van der Waals surface area (Å²) in [7, 11) is 0. The quantitative estimate of drug-likeness (QED) is 0.160. The first-order chi connectivity index (χ1) is 29.7. The maximum absolute atomic E-state index is 2.42. The Hall–Kier alpha value is -7.94. The average molecular weight is 763 g/mol. The minimum absolute atomic E-state index is 1.17. The Balaban J connectivity index is 0.918. The van der Waals surface area contributed by atoms with Crippen molar-refractivity contribution in [1.82, 2.24) is 9.13 Å². The zero-order valence-corrected chi connectivity index (χ0v) is 32.8. The van der Waals surface area contributed by atoms with E-state index in [-0.39, 0.29) is 0 Å². The van der Waals surface area contributed by atoms with Gasteiger partial charge in [0.25, 0.3) is 0 Å². The zero-order chi connectivity index (χ0) is 39.6. The van der Waals surface area contributed by atoms with Crippen molar-refractivity contribution in [3.8, 4) is 55.9 Å². The molecule has 0 aliphatic heterocycles. The number of rotatable bonds is 6. The maximum Gasteiger partial charge on any atom is 0.0547 e. The van der Waals surface area contributed by atoms with Crippen molar-refractivity contribution < 1.29 is 0 Å². The largest absolute Gasteiger partial charge is 0.309 e. The van der Waals surface area contributed by atoms with E-state index in [0.717, 1.165) is 0 Å². The van der Waals surface area contributed by atoms with Crippen LogP contribution in [0, 0.1) is 0 Å². The fraction of sp³-hybridized carbons (Fsp3) is 0. The first-order valence-electron chi connectivity index (χ1n) is 20.7. The molecular weight excluding hydrogens is 725 g/mol. The summed E-state index contributed by atoms with van der Waals surface area (Å²) < 4.78 is 4.79. The van der Waals surface area contributed by atoms with Crippen LogP contribution in [-0.2, 0) is 0 Å². The molecule has 10 aromatic carbocycles. The molecule has 0 amide bonds. The zero-order valence-electron chi connectivity index (χ0n) is 32.8. The van der Waals surface area contributed by atoms with Crippen molar-refractivity contribution in [1.29, 1.82) is 0 Å². The van der Waals surface area contributed by atoms with E-state index in [0.29, 0.717) is 0 Å². The van der Waals surface area contributed by atoms with Crippen LogP contribution in [0.1, 0.15) is 0 Å². The van der Waals surface area contributed by atoms with Gasteiger partial charge in [0, 0.05) is 32.9 Å². The number of aromatic nitrogens is 2. The second kappa shape index (κ2) is 13.9. The molecule has 0 saturated heterocycles. The van der Waals surface area contributed by atoms with Gasteiger partial charge in [0.2, 0.25) is 0 Å². The van der Waals surface area contributed by atoms with Crippen LogP contribution in [-0.4, -0.2) is 9.13 Å². The van der Waals surface area contributed by atoms with Gasteiger partial charge in [-0.05, 0) is 128 Å². The number of hydrogen-bond acceptors (Lipinski definition) is 0. The van der Waals surface area contributed by atoms with Crippen LogP contribution in [0.2, 0.25) is 0 Å². The van der Waals surface area contributed by atoms with Gasteiger partial charge in [-0.1, -0.05) is 158 Å². The Bertz CT molecular complexity index is 3600. The van der Waals surface area contributed by atoms with E-state index in [2.05, 4.69) is 240 Å². The molecule has 0 N–H and O–H groups in total. The highest BCUT2D eigenvalue weighted by atomic mass is 15.0. The van der Waals surface area contributed by atoms with E-state index in [1.165, 1.54) is 110 Å². The number of hydrogen-bond donors (Lipinski definition) is 0. The molecule has 60 heavy (non-hydrogen) atoms. The lowest BCUT2D eigenvalue weighted by Gasteiger charge is -2.12. The second-order valence-electron chi connectivity index (χ2n) is 15.7. The van der Waals surface area contributed by atoms with Crippen molar-refractivity contribution in [2.45, 2.75) is 0 Å². The summed E-state index contributed by atoms with van der Waals surface area (Å²) in [5, 5.41) is 7.53. The van der Waals surface area contributed by atoms with Crippen LogP contribution >= 0.6 is 0 Å². The smallest absolute Gasteiger partial charge is 0.0547 e. The number of para-hydroxylation sites is 3. The molecular formula is C58H38N2. The van der Waals surface area contributed by atoms with E-state index in [1.54, 1.807) is 0 Å².